The van der Waals surface area contributed by atoms with Crippen LogP contribution in [0.1, 0.15) is 46.0 Å². The van der Waals surface area contributed by atoms with E-state index in [0.717, 1.165) is 12.8 Å². The molecule has 0 aromatic heterocycles. The summed E-state index contributed by atoms with van der Waals surface area (Å²) in [4.78, 5) is 22.8. The third-order valence-corrected chi connectivity index (χ3v) is 3.37. The van der Waals surface area contributed by atoms with Gasteiger partial charge in [-0.15, -0.1) is 0 Å². The smallest absolute Gasteiger partial charge is 0.344 e. The molecule has 1 atom stereocenters. The third kappa shape index (κ3) is 4.75. The first-order valence-corrected chi connectivity index (χ1v) is 6.47. The molecule has 0 radical (unpaired) electrons. The molecular weight excluding hydrogens is 220 g/mol. The maximum absolute atomic E-state index is 11.7. The van der Waals surface area contributed by atoms with Crippen molar-refractivity contribution in [1.29, 1.82) is 0 Å². The Morgan fingerprint density at radius 2 is 1.82 bits per heavy atom. The molecule has 1 aliphatic rings. The van der Waals surface area contributed by atoms with Gasteiger partial charge in [0.15, 0.2) is 6.61 Å². The summed E-state index contributed by atoms with van der Waals surface area (Å²) >= 11 is 0. The third-order valence-electron chi connectivity index (χ3n) is 3.37. The van der Waals surface area contributed by atoms with Gasteiger partial charge in [0.05, 0.1) is 12.5 Å². The fourth-order valence-electron chi connectivity index (χ4n) is 2.29. The zero-order valence-electron chi connectivity index (χ0n) is 10.7. The maximum atomic E-state index is 11.7. The molecule has 0 bridgehead atoms. The van der Waals surface area contributed by atoms with Gasteiger partial charge in [0.1, 0.15) is 0 Å². The first-order chi connectivity index (χ1) is 8.15. The average Bonchev–Trinajstić information content (AvgIpc) is 2.36. The first kappa shape index (κ1) is 14.0. The second kappa shape index (κ2) is 7.30. The quantitative estimate of drug-likeness (QED) is 0.694. The van der Waals surface area contributed by atoms with Gasteiger partial charge in [0.2, 0.25) is 0 Å². The minimum absolute atomic E-state index is 0.107. The molecule has 4 nitrogen and oxygen atoms in total. The Balaban J connectivity index is 2.28. The van der Waals surface area contributed by atoms with Crippen LogP contribution in [0.5, 0.6) is 0 Å². The maximum Gasteiger partial charge on any atom is 0.344 e. The van der Waals surface area contributed by atoms with Crippen LogP contribution in [-0.4, -0.2) is 25.2 Å². The molecule has 98 valence electrons. The van der Waals surface area contributed by atoms with Crippen molar-refractivity contribution in [3.8, 4) is 0 Å². The van der Waals surface area contributed by atoms with Crippen LogP contribution in [0.4, 0.5) is 0 Å². The lowest BCUT2D eigenvalue weighted by atomic mass is 9.81. The van der Waals surface area contributed by atoms with E-state index in [1.807, 2.05) is 6.92 Å². The molecule has 1 saturated carbocycles. The number of rotatable bonds is 5. The summed E-state index contributed by atoms with van der Waals surface area (Å²) in [5, 5.41) is 0. The van der Waals surface area contributed by atoms with Crippen molar-refractivity contribution in [2.45, 2.75) is 46.0 Å². The van der Waals surface area contributed by atoms with E-state index in [-0.39, 0.29) is 18.5 Å². The van der Waals surface area contributed by atoms with Gasteiger partial charge in [-0.3, -0.25) is 4.79 Å². The largest absolute Gasteiger partial charge is 0.463 e. The lowest BCUT2D eigenvalue weighted by molar-refractivity contribution is -0.162. The Morgan fingerprint density at radius 1 is 1.18 bits per heavy atom. The lowest BCUT2D eigenvalue weighted by Crippen LogP contribution is -2.27. The van der Waals surface area contributed by atoms with Crippen LogP contribution in [0.15, 0.2) is 0 Å². The molecule has 0 amide bonds. The van der Waals surface area contributed by atoms with Crippen LogP contribution in [0.2, 0.25) is 0 Å². The number of hydrogen-bond donors (Lipinski definition) is 0. The second-order valence-electron chi connectivity index (χ2n) is 4.60. The topological polar surface area (TPSA) is 52.6 Å². The first-order valence-electron chi connectivity index (χ1n) is 6.47. The van der Waals surface area contributed by atoms with Crippen LogP contribution < -0.4 is 0 Å². The molecule has 4 heteroatoms. The molecule has 1 aliphatic carbocycles. The van der Waals surface area contributed by atoms with E-state index in [1.54, 1.807) is 6.92 Å². The summed E-state index contributed by atoms with van der Waals surface area (Å²) in [5.41, 5.74) is 0. The summed E-state index contributed by atoms with van der Waals surface area (Å²) in [6.45, 7) is 3.67. The van der Waals surface area contributed by atoms with Gasteiger partial charge in [-0.1, -0.05) is 26.2 Å². The summed E-state index contributed by atoms with van der Waals surface area (Å²) < 4.78 is 9.66. The fourth-order valence-corrected chi connectivity index (χ4v) is 2.29. The monoisotopic (exact) mass is 242 g/mol. The molecule has 0 aliphatic heterocycles. The highest BCUT2D eigenvalue weighted by Gasteiger charge is 2.27. The van der Waals surface area contributed by atoms with Crippen LogP contribution in [0, 0.1) is 11.8 Å². The minimum Gasteiger partial charge on any atom is -0.463 e. The number of hydrogen-bond acceptors (Lipinski definition) is 4. The lowest BCUT2D eigenvalue weighted by Gasteiger charge is -2.25. The molecule has 0 N–H and O–H groups in total. The van der Waals surface area contributed by atoms with Crippen LogP contribution in [-0.2, 0) is 19.1 Å². The molecule has 0 heterocycles. The van der Waals surface area contributed by atoms with E-state index >= 15 is 0 Å². The molecule has 0 spiro atoms. The van der Waals surface area contributed by atoms with Crippen molar-refractivity contribution in [3.63, 3.8) is 0 Å². The summed E-state index contributed by atoms with van der Waals surface area (Å²) in [6.07, 6.45) is 5.84. The second-order valence-corrected chi connectivity index (χ2v) is 4.60. The van der Waals surface area contributed by atoms with E-state index in [4.69, 9.17) is 9.47 Å². The van der Waals surface area contributed by atoms with E-state index in [9.17, 15) is 9.59 Å². The number of carbonyl (C=O) groups is 2. The van der Waals surface area contributed by atoms with Gasteiger partial charge >= 0.3 is 11.9 Å². The van der Waals surface area contributed by atoms with Crippen molar-refractivity contribution >= 4 is 11.9 Å². The highest BCUT2D eigenvalue weighted by atomic mass is 16.6. The molecule has 1 fully saturated rings. The fraction of sp³-hybridized carbons (Fsp3) is 0.846. The van der Waals surface area contributed by atoms with E-state index in [1.165, 1.54) is 19.3 Å². The standard InChI is InChI=1S/C13H22O4/c1-3-16-12(14)9-17-13(15)10(2)11-7-5-4-6-8-11/h10-11H,3-9H2,1-2H3. The van der Waals surface area contributed by atoms with Crippen LogP contribution in [0.3, 0.4) is 0 Å². The van der Waals surface area contributed by atoms with Gasteiger partial charge < -0.3 is 9.47 Å². The molecule has 0 aromatic carbocycles. The van der Waals surface area contributed by atoms with Crippen molar-refractivity contribution in [1.82, 2.24) is 0 Å². The number of esters is 2. The van der Waals surface area contributed by atoms with Gasteiger partial charge in [0, 0.05) is 0 Å². The van der Waals surface area contributed by atoms with Gasteiger partial charge in [-0.2, -0.15) is 0 Å². The minimum atomic E-state index is -0.475. The molecule has 1 unspecified atom stereocenters. The van der Waals surface area contributed by atoms with E-state index < -0.39 is 5.97 Å². The van der Waals surface area contributed by atoms with Crippen LogP contribution in [0.25, 0.3) is 0 Å². The zero-order chi connectivity index (χ0) is 12.7. The predicted molar refractivity (Wildman–Crippen MR) is 63.3 cm³/mol. The van der Waals surface area contributed by atoms with Crippen molar-refractivity contribution < 1.29 is 19.1 Å². The summed E-state index contributed by atoms with van der Waals surface area (Å²) in [5.74, 6) is -0.440. The number of ether oxygens (including phenoxy) is 2. The molecule has 0 aromatic rings. The Hall–Kier alpha value is -1.06. The van der Waals surface area contributed by atoms with Crippen LogP contribution >= 0.6 is 0 Å². The molecular formula is C13H22O4. The van der Waals surface area contributed by atoms with Gasteiger partial charge in [-0.25, -0.2) is 4.79 Å². The Bertz CT molecular complexity index is 256. The van der Waals surface area contributed by atoms with Crippen molar-refractivity contribution in [2.75, 3.05) is 13.2 Å². The average molecular weight is 242 g/mol. The molecule has 17 heavy (non-hydrogen) atoms. The normalized spacial score (nSPS) is 18.5. The van der Waals surface area contributed by atoms with Crippen molar-refractivity contribution in [2.24, 2.45) is 11.8 Å². The highest BCUT2D eigenvalue weighted by Crippen LogP contribution is 2.30. The molecule has 1 rings (SSSR count). The van der Waals surface area contributed by atoms with Gasteiger partial charge in [0.25, 0.3) is 0 Å². The Labute approximate surface area is 103 Å². The molecule has 0 saturated heterocycles. The van der Waals surface area contributed by atoms with E-state index in [2.05, 4.69) is 0 Å². The number of carbonyl (C=O) groups excluding carboxylic acids is 2. The van der Waals surface area contributed by atoms with E-state index in [0.29, 0.717) is 12.5 Å². The summed E-state index contributed by atoms with van der Waals surface area (Å²) in [6, 6.07) is 0. The van der Waals surface area contributed by atoms with Crippen molar-refractivity contribution in [3.05, 3.63) is 0 Å². The zero-order valence-corrected chi connectivity index (χ0v) is 10.7. The Morgan fingerprint density at radius 3 is 2.41 bits per heavy atom. The highest BCUT2D eigenvalue weighted by molar-refractivity contribution is 5.77. The summed E-state index contributed by atoms with van der Waals surface area (Å²) in [7, 11) is 0. The Kier molecular flexibility index (Phi) is 6.01. The predicted octanol–water partition coefficient (Wildman–Crippen LogP) is 2.31. The van der Waals surface area contributed by atoms with Gasteiger partial charge in [-0.05, 0) is 25.7 Å². The SMILES string of the molecule is CCOC(=O)COC(=O)C(C)C1CCCCC1.